The van der Waals surface area contributed by atoms with Crippen molar-refractivity contribution in [3.63, 3.8) is 0 Å². The Morgan fingerprint density at radius 1 is 1.16 bits per heavy atom. The number of piperidine rings is 1. The van der Waals surface area contributed by atoms with Crippen molar-refractivity contribution in [1.29, 1.82) is 0 Å². The Kier molecular flexibility index (Phi) is 6.62. The van der Waals surface area contributed by atoms with Gasteiger partial charge in [-0.3, -0.25) is 9.80 Å². The molecule has 0 aromatic heterocycles. The summed E-state index contributed by atoms with van der Waals surface area (Å²) in [6.45, 7) is 12.3. The molecule has 2 atom stereocenters. The van der Waals surface area contributed by atoms with Crippen molar-refractivity contribution in [2.75, 3.05) is 39.3 Å². The molecule has 3 heteroatoms. The van der Waals surface area contributed by atoms with Gasteiger partial charge in [0.05, 0.1) is 0 Å². The first-order valence-electron chi connectivity index (χ1n) is 8.50. The third-order valence-electron chi connectivity index (χ3n) is 4.95. The molecular formula is C16H33N3. The van der Waals surface area contributed by atoms with Gasteiger partial charge in [-0.2, -0.15) is 0 Å². The fourth-order valence-corrected chi connectivity index (χ4v) is 3.63. The Morgan fingerprint density at radius 2 is 1.95 bits per heavy atom. The van der Waals surface area contributed by atoms with Gasteiger partial charge in [-0.05, 0) is 65.2 Å². The number of hydrogen-bond donors (Lipinski definition) is 1. The number of likely N-dealkylation sites (tertiary alicyclic amines) is 2. The first-order chi connectivity index (χ1) is 9.31. The minimum Gasteiger partial charge on any atom is -0.317 e. The van der Waals surface area contributed by atoms with Crippen LogP contribution in [-0.2, 0) is 0 Å². The standard InChI is InChI=1S/C16H33N3/c1-3-17-10-7-8-15(2)19-13-9-16(14-19)18-11-5-4-6-12-18/h15-17H,3-14H2,1-2H3. The van der Waals surface area contributed by atoms with Gasteiger partial charge in [0, 0.05) is 25.2 Å². The lowest BCUT2D eigenvalue weighted by atomic mass is 10.1. The summed E-state index contributed by atoms with van der Waals surface area (Å²) < 4.78 is 0. The molecule has 2 saturated heterocycles. The van der Waals surface area contributed by atoms with Gasteiger partial charge in [-0.1, -0.05) is 13.3 Å². The van der Waals surface area contributed by atoms with Crippen molar-refractivity contribution < 1.29 is 0 Å². The largest absolute Gasteiger partial charge is 0.317 e. The Morgan fingerprint density at radius 3 is 2.68 bits per heavy atom. The Hall–Kier alpha value is -0.120. The molecule has 0 aliphatic carbocycles. The molecular weight excluding hydrogens is 234 g/mol. The van der Waals surface area contributed by atoms with E-state index in [1.807, 2.05) is 0 Å². The van der Waals surface area contributed by atoms with E-state index in [0.717, 1.165) is 18.6 Å². The maximum atomic E-state index is 3.43. The zero-order valence-electron chi connectivity index (χ0n) is 13.0. The van der Waals surface area contributed by atoms with Crippen molar-refractivity contribution in [1.82, 2.24) is 15.1 Å². The van der Waals surface area contributed by atoms with E-state index in [1.165, 1.54) is 71.2 Å². The van der Waals surface area contributed by atoms with Crippen molar-refractivity contribution in [3.05, 3.63) is 0 Å². The predicted octanol–water partition coefficient (Wildman–Crippen LogP) is 2.32. The summed E-state index contributed by atoms with van der Waals surface area (Å²) in [6.07, 6.45) is 8.37. The topological polar surface area (TPSA) is 18.5 Å². The predicted molar refractivity (Wildman–Crippen MR) is 82.6 cm³/mol. The van der Waals surface area contributed by atoms with Crippen LogP contribution in [0.3, 0.4) is 0 Å². The monoisotopic (exact) mass is 267 g/mol. The lowest BCUT2D eigenvalue weighted by molar-refractivity contribution is 0.152. The molecule has 3 nitrogen and oxygen atoms in total. The highest BCUT2D eigenvalue weighted by Crippen LogP contribution is 2.22. The Balaban J connectivity index is 1.65. The normalized spacial score (nSPS) is 27.8. The number of hydrogen-bond acceptors (Lipinski definition) is 3. The molecule has 0 aromatic carbocycles. The van der Waals surface area contributed by atoms with E-state index >= 15 is 0 Å². The smallest absolute Gasteiger partial charge is 0.0235 e. The zero-order valence-corrected chi connectivity index (χ0v) is 13.0. The fourth-order valence-electron chi connectivity index (χ4n) is 3.63. The van der Waals surface area contributed by atoms with Crippen LogP contribution in [0.15, 0.2) is 0 Å². The molecule has 0 saturated carbocycles. The average molecular weight is 267 g/mol. The summed E-state index contributed by atoms with van der Waals surface area (Å²) in [7, 11) is 0. The van der Waals surface area contributed by atoms with E-state index in [0.29, 0.717) is 0 Å². The van der Waals surface area contributed by atoms with Crippen LogP contribution in [0, 0.1) is 0 Å². The highest BCUT2D eigenvalue weighted by Gasteiger charge is 2.30. The van der Waals surface area contributed by atoms with Gasteiger partial charge in [-0.25, -0.2) is 0 Å². The SMILES string of the molecule is CCNCCCC(C)N1CCC(N2CCCCC2)C1. The highest BCUT2D eigenvalue weighted by atomic mass is 15.3. The van der Waals surface area contributed by atoms with Gasteiger partial charge in [-0.15, -0.1) is 0 Å². The van der Waals surface area contributed by atoms with Crippen molar-refractivity contribution in [3.8, 4) is 0 Å². The lowest BCUT2D eigenvalue weighted by Gasteiger charge is -2.33. The van der Waals surface area contributed by atoms with E-state index in [4.69, 9.17) is 0 Å². The highest BCUT2D eigenvalue weighted by molar-refractivity contribution is 4.87. The van der Waals surface area contributed by atoms with Gasteiger partial charge in [0.15, 0.2) is 0 Å². The van der Waals surface area contributed by atoms with Crippen molar-refractivity contribution in [2.24, 2.45) is 0 Å². The van der Waals surface area contributed by atoms with Crippen LogP contribution in [-0.4, -0.2) is 61.2 Å². The first kappa shape index (κ1) is 15.3. The van der Waals surface area contributed by atoms with E-state index < -0.39 is 0 Å². The van der Waals surface area contributed by atoms with Gasteiger partial charge in [0.25, 0.3) is 0 Å². The van der Waals surface area contributed by atoms with E-state index in [2.05, 4.69) is 29.0 Å². The maximum Gasteiger partial charge on any atom is 0.0235 e. The third kappa shape index (κ3) is 4.73. The molecule has 19 heavy (non-hydrogen) atoms. The van der Waals surface area contributed by atoms with Gasteiger partial charge in [0.1, 0.15) is 0 Å². The average Bonchev–Trinajstić information content (AvgIpc) is 2.94. The molecule has 0 bridgehead atoms. The van der Waals surface area contributed by atoms with Crippen LogP contribution < -0.4 is 5.32 Å². The molecule has 2 aliphatic rings. The van der Waals surface area contributed by atoms with Gasteiger partial charge in [0.2, 0.25) is 0 Å². The molecule has 2 fully saturated rings. The van der Waals surface area contributed by atoms with Crippen molar-refractivity contribution >= 4 is 0 Å². The second kappa shape index (κ2) is 8.23. The number of nitrogens with one attached hydrogen (secondary N) is 1. The summed E-state index contributed by atoms with van der Waals surface area (Å²) in [5, 5.41) is 3.43. The van der Waals surface area contributed by atoms with Crippen LogP contribution in [0.4, 0.5) is 0 Å². The Bertz CT molecular complexity index is 238. The molecule has 112 valence electrons. The van der Waals surface area contributed by atoms with Crippen LogP contribution in [0.1, 0.15) is 52.4 Å². The fraction of sp³-hybridized carbons (Fsp3) is 1.00. The summed E-state index contributed by atoms with van der Waals surface area (Å²) >= 11 is 0. The quantitative estimate of drug-likeness (QED) is 0.714. The molecule has 2 unspecified atom stereocenters. The van der Waals surface area contributed by atoms with Gasteiger partial charge < -0.3 is 5.32 Å². The molecule has 0 amide bonds. The summed E-state index contributed by atoms with van der Waals surface area (Å²) in [4.78, 5) is 5.49. The van der Waals surface area contributed by atoms with Crippen molar-refractivity contribution in [2.45, 2.75) is 64.5 Å². The summed E-state index contributed by atoms with van der Waals surface area (Å²) in [5.74, 6) is 0. The Labute approximate surface area is 119 Å². The van der Waals surface area contributed by atoms with Crippen LogP contribution in [0.2, 0.25) is 0 Å². The molecule has 2 heterocycles. The molecule has 0 aromatic rings. The summed E-state index contributed by atoms with van der Waals surface area (Å²) in [5.41, 5.74) is 0. The minimum atomic E-state index is 0.772. The molecule has 1 N–H and O–H groups in total. The van der Waals surface area contributed by atoms with Crippen LogP contribution in [0.5, 0.6) is 0 Å². The maximum absolute atomic E-state index is 3.43. The molecule has 0 spiro atoms. The second-order valence-electron chi connectivity index (χ2n) is 6.38. The molecule has 2 aliphatic heterocycles. The summed E-state index contributed by atoms with van der Waals surface area (Å²) in [6, 6.07) is 1.63. The second-order valence-corrected chi connectivity index (χ2v) is 6.38. The minimum absolute atomic E-state index is 0.772. The van der Waals surface area contributed by atoms with Gasteiger partial charge >= 0.3 is 0 Å². The third-order valence-corrected chi connectivity index (χ3v) is 4.95. The van der Waals surface area contributed by atoms with Crippen LogP contribution >= 0.6 is 0 Å². The van der Waals surface area contributed by atoms with E-state index in [-0.39, 0.29) is 0 Å². The number of nitrogens with zero attached hydrogens (tertiary/aromatic N) is 2. The molecule has 0 radical (unpaired) electrons. The number of rotatable bonds is 7. The van der Waals surface area contributed by atoms with E-state index in [9.17, 15) is 0 Å². The van der Waals surface area contributed by atoms with E-state index in [1.54, 1.807) is 0 Å². The van der Waals surface area contributed by atoms with Crippen LogP contribution in [0.25, 0.3) is 0 Å². The first-order valence-corrected chi connectivity index (χ1v) is 8.50. The zero-order chi connectivity index (χ0) is 13.5. The molecule has 2 rings (SSSR count). The lowest BCUT2D eigenvalue weighted by Crippen LogP contribution is -2.42.